The first-order valence-corrected chi connectivity index (χ1v) is 5.46. The van der Waals surface area contributed by atoms with Crippen LogP contribution in [0.1, 0.15) is 16.2 Å². The van der Waals surface area contributed by atoms with Crippen molar-refractivity contribution in [1.29, 1.82) is 0 Å². The average Bonchev–Trinajstić information content (AvgIpc) is 2.95. The van der Waals surface area contributed by atoms with Gasteiger partial charge in [0.1, 0.15) is 10.6 Å². The van der Waals surface area contributed by atoms with Crippen LogP contribution in [-0.2, 0) is 6.54 Å². The van der Waals surface area contributed by atoms with Gasteiger partial charge in [0.25, 0.3) is 5.91 Å². The van der Waals surface area contributed by atoms with Crippen molar-refractivity contribution >= 4 is 28.3 Å². The first-order valence-electron chi connectivity index (χ1n) is 4.68. The second-order valence-electron chi connectivity index (χ2n) is 3.05. The maximum atomic E-state index is 11.6. The Morgan fingerprint density at radius 2 is 2.47 bits per heavy atom. The summed E-state index contributed by atoms with van der Waals surface area (Å²) in [5.74, 6) is 0.400. The van der Waals surface area contributed by atoms with Gasteiger partial charge >= 0.3 is 0 Å². The molecule has 0 saturated heterocycles. The highest BCUT2D eigenvalue weighted by atomic mass is 32.1. The van der Waals surface area contributed by atoms with Gasteiger partial charge in [-0.3, -0.25) is 4.79 Å². The fourth-order valence-corrected chi connectivity index (χ4v) is 1.90. The summed E-state index contributed by atoms with van der Waals surface area (Å²) in [4.78, 5) is 15.4. The number of hydrogen-bond donors (Lipinski definition) is 3. The summed E-state index contributed by atoms with van der Waals surface area (Å²) in [7, 11) is 1.53. The number of carbonyl (C=O) groups is 1. The molecule has 0 aliphatic rings. The molecule has 0 fully saturated rings. The largest absolute Gasteiger partial charge is 0.382 e. The predicted octanol–water partition coefficient (Wildman–Crippen LogP) is 0.0800. The zero-order chi connectivity index (χ0) is 12.3. The lowest BCUT2D eigenvalue weighted by atomic mass is 10.3. The van der Waals surface area contributed by atoms with Crippen LogP contribution in [0.2, 0.25) is 0 Å². The minimum atomic E-state index is -0.285. The first-order chi connectivity index (χ1) is 8.22. The Kier molecular flexibility index (Phi) is 3.19. The standard InChI is InChI=1S/C8H10N6O2S/c1-10-7(15)5-6(9)14-17-8(5)11-2-4-12-3-16-13-4/h3,11H,2H2,1H3,(H2,9,14)(H,10,15). The molecule has 0 bridgehead atoms. The van der Waals surface area contributed by atoms with Crippen LogP contribution in [0.25, 0.3) is 0 Å². The van der Waals surface area contributed by atoms with E-state index in [4.69, 9.17) is 5.73 Å². The zero-order valence-electron chi connectivity index (χ0n) is 8.93. The molecule has 4 N–H and O–H groups in total. The van der Waals surface area contributed by atoms with Crippen molar-refractivity contribution in [2.24, 2.45) is 0 Å². The Morgan fingerprint density at radius 3 is 3.12 bits per heavy atom. The number of carbonyl (C=O) groups excluding carboxylic acids is 1. The van der Waals surface area contributed by atoms with Crippen molar-refractivity contribution in [2.75, 3.05) is 18.1 Å². The molecule has 90 valence electrons. The first kappa shape index (κ1) is 11.3. The van der Waals surface area contributed by atoms with Crippen LogP contribution >= 0.6 is 11.5 Å². The molecule has 2 rings (SSSR count). The van der Waals surface area contributed by atoms with Crippen LogP contribution in [0, 0.1) is 0 Å². The van der Waals surface area contributed by atoms with E-state index in [0.29, 0.717) is 22.9 Å². The minimum absolute atomic E-state index is 0.199. The van der Waals surface area contributed by atoms with E-state index in [2.05, 4.69) is 29.7 Å². The molecule has 0 atom stereocenters. The second-order valence-corrected chi connectivity index (χ2v) is 3.83. The van der Waals surface area contributed by atoms with E-state index in [1.807, 2.05) is 0 Å². The van der Waals surface area contributed by atoms with Crippen molar-refractivity contribution in [3.8, 4) is 0 Å². The number of nitrogens with one attached hydrogen (secondary N) is 2. The van der Waals surface area contributed by atoms with Gasteiger partial charge in [0.05, 0.1) is 6.54 Å². The molecule has 0 aliphatic carbocycles. The van der Waals surface area contributed by atoms with Crippen molar-refractivity contribution in [2.45, 2.75) is 6.54 Å². The molecule has 0 saturated carbocycles. The quantitative estimate of drug-likeness (QED) is 0.706. The predicted molar refractivity (Wildman–Crippen MR) is 61.5 cm³/mol. The van der Waals surface area contributed by atoms with Gasteiger partial charge < -0.3 is 20.9 Å². The van der Waals surface area contributed by atoms with Crippen LogP contribution in [0.5, 0.6) is 0 Å². The normalized spacial score (nSPS) is 10.2. The summed E-state index contributed by atoms with van der Waals surface area (Å²) in [6.45, 7) is 0.335. The highest BCUT2D eigenvalue weighted by molar-refractivity contribution is 7.11. The monoisotopic (exact) mass is 254 g/mol. The number of nitrogens with zero attached hydrogens (tertiary/aromatic N) is 3. The van der Waals surface area contributed by atoms with Crippen LogP contribution in [0.3, 0.4) is 0 Å². The highest BCUT2D eigenvalue weighted by Crippen LogP contribution is 2.26. The lowest BCUT2D eigenvalue weighted by Gasteiger charge is -2.03. The zero-order valence-corrected chi connectivity index (χ0v) is 9.74. The summed E-state index contributed by atoms with van der Waals surface area (Å²) in [6, 6.07) is 0. The molecule has 9 heteroatoms. The number of hydrogen-bond acceptors (Lipinski definition) is 8. The van der Waals surface area contributed by atoms with Gasteiger partial charge in [-0.25, -0.2) is 0 Å². The SMILES string of the molecule is CNC(=O)c1c(N)nsc1NCc1ncon1. The van der Waals surface area contributed by atoms with E-state index < -0.39 is 0 Å². The topological polar surface area (TPSA) is 119 Å². The molecule has 0 unspecified atom stereocenters. The van der Waals surface area contributed by atoms with Gasteiger partial charge in [0.15, 0.2) is 11.6 Å². The fourth-order valence-electron chi connectivity index (χ4n) is 1.20. The van der Waals surface area contributed by atoms with E-state index in [9.17, 15) is 4.79 Å². The average molecular weight is 254 g/mol. The molecule has 1 amide bonds. The molecule has 8 nitrogen and oxygen atoms in total. The molecule has 2 aromatic rings. The molecular formula is C8H10N6O2S. The van der Waals surface area contributed by atoms with Gasteiger partial charge in [-0.2, -0.15) is 9.36 Å². The maximum Gasteiger partial charge on any atom is 0.257 e. The van der Waals surface area contributed by atoms with E-state index in [1.54, 1.807) is 0 Å². The summed E-state index contributed by atoms with van der Waals surface area (Å²) >= 11 is 1.11. The molecule has 17 heavy (non-hydrogen) atoms. The number of amides is 1. The Balaban J connectivity index is 2.13. The number of anilines is 2. The Labute approximate surface area is 100 Å². The maximum absolute atomic E-state index is 11.6. The van der Waals surface area contributed by atoms with E-state index in [1.165, 1.54) is 13.4 Å². The number of aromatic nitrogens is 3. The Hall–Kier alpha value is -2.16. The lowest BCUT2D eigenvalue weighted by Crippen LogP contribution is -2.20. The summed E-state index contributed by atoms with van der Waals surface area (Å²) in [5.41, 5.74) is 5.95. The Morgan fingerprint density at radius 1 is 1.65 bits per heavy atom. The molecule has 0 aliphatic heterocycles. The minimum Gasteiger partial charge on any atom is -0.382 e. The molecular weight excluding hydrogens is 244 g/mol. The molecule has 0 aromatic carbocycles. The molecule has 2 aromatic heterocycles. The van der Waals surface area contributed by atoms with E-state index in [0.717, 1.165) is 11.5 Å². The molecule has 0 spiro atoms. The third-order valence-electron chi connectivity index (χ3n) is 1.99. The number of nitrogen functional groups attached to an aromatic ring is 1. The summed E-state index contributed by atoms with van der Waals surface area (Å²) in [5, 5.41) is 9.69. The van der Waals surface area contributed by atoms with Gasteiger partial charge in [-0.1, -0.05) is 5.16 Å². The summed E-state index contributed by atoms with van der Waals surface area (Å²) < 4.78 is 8.51. The highest BCUT2D eigenvalue weighted by Gasteiger charge is 2.18. The van der Waals surface area contributed by atoms with Gasteiger partial charge in [-0.15, -0.1) is 0 Å². The van der Waals surface area contributed by atoms with Gasteiger partial charge in [0.2, 0.25) is 6.39 Å². The lowest BCUT2D eigenvalue weighted by molar-refractivity contribution is 0.0965. The van der Waals surface area contributed by atoms with E-state index >= 15 is 0 Å². The van der Waals surface area contributed by atoms with E-state index in [-0.39, 0.29) is 11.7 Å². The van der Waals surface area contributed by atoms with Crippen LogP contribution in [0.4, 0.5) is 10.8 Å². The fraction of sp³-hybridized carbons (Fsp3) is 0.250. The van der Waals surface area contributed by atoms with Crippen molar-refractivity contribution in [3.05, 3.63) is 17.8 Å². The van der Waals surface area contributed by atoms with Crippen molar-refractivity contribution < 1.29 is 9.32 Å². The van der Waals surface area contributed by atoms with Gasteiger partial charge in [-0.05, 0) is 11.5 Å². The number of rotatable bonds is 4. The summed E-state index contributed by atoms with van der Waals surface area (Å²) in [6.07, 6.45) is 1.23. The van der Waals surface area contributed by atoms with Crippen molar-refractivity contribution in [1.82, 2.24) is 19.8 Å². The van der Waals surface area contributed by atoms with Crippen LogP contribution < -0.4 is 16.4 Å². The van der Waals surface area contributed by atoms with Crippen LogP contribution in [0.15, 0.2) is 10.9 Å². The third kappa shape index (κ3) is 2.33. The van der Waals surface area contributed by atoms with Crippen LogP contribution in [-0.4, -0.2) is 27.5 Å². The third-order valence-corrected chi connectivity index (χ3v) is 2.81. The van der Waals surface area contributed by atoms with Crippen molar-refractivity contribution in [3.63, 3.8) is 0 Å². The van der Waals surface area contributed by atoms with Gasteiger partial charge in [0, 0.05) is 7.05 Å². The second kappa shape index (κ2) is 4.78. The Bertz CT molecular complexity index is 508. The molecule has 0 radical (unpaired) electrons. The molecule has 2 heterocycles. The number of nitrogens with two attached hydrogens (primary N) is 1. The smallest absolute Gasteiger partial charge is 0.257 e.